The summed E-state index contributed by atoms with van der Waals surface area (Å²) in [4.78, 5) is 8.40. The van der Waals surface area contributed by atoms with Gasteiger partial charge in [-0.25, -0.2) is 4.98 Å². The third kappa shape index (κ3) is 2.48. The minimum atomic E-state index is 0.0422. The van der Waals surface area contributed by atoms with Crippen LogP contribution in [0.3, 0.4) is 0 Å². The van der Waals surface area contributed by atoms with Gasteiger partial charge in [0.05, 0.1) is 24.8 Å². The Morgan fingerprint density at radius 2 is 2.25 bits per heavy atom. The monoisotopic (exact) mass is 292 g/mol. The average molecular weight is 293 g/mol. The lowest BCUT2D eigenvalue weighted by molar-refractivity contribution is 0.278. The van der Waals surface area contributed by atoms with Gasteiger partial charge in [0, 0.05) is 12.7 Å². The van der Waals surface area contributed by atoms with Crippen molar-refractivity contribution in [1.29, 1.82) is 0 Å². The van der Waals surface area contributed by atoms with Crippen LogP contribution in [-0.2, 0) is 13.1 Å². The topological polar surface area (TPSA) is 76.1 Å². The van der Waals surface area contributed by atoms with Crippen LogP contribution in [0.4, 0.5) is 5.82 Å². The SMILES string of the molecule is OCCn1ccc2c(NCc3ccco3)nc(Cl)nc21. The minimum Gasteiger partial charge on any atom is -0.467 e. The van der Waals surface area contributed by atoms with E-state index in [1.165, 1.54) is 0 Å². The lowest BCUT2D eigenvalue weighted by atomic mass is 10.3. The molecular formula is C13H13ClN4O2. The zero-order chi connectivity index (χ0) is 13.9. The van der Waals surface area contributed by atoms with E-state index >= 15 is 0 Å². The smallest absolute Gasteiger partial charge is 0.226 e. The molecule has 3 heterocycles. The number of furan rings is 1. The number of nitrogens with one attached hydrogen (secondary N) is 1. The molecule has 7 heteroatoms. The van der Waals surface area contributed by atoms with Crippen LogP contribution in [-0.4, -0.2) is 26.2 Å². The van der Waals surface area contributed by atoms with Gasteiger partial charge in [0.1, 0.15) is 17.2 Å². The molecule has 0 aliphatic heterocycles. The first-order valence-corrected chi connectivity index (χ1v) is 6.55. The second-order valence-electron chi connectivity index (χ2n) is 4.24. The highest BCUT2D eigenvalue weighted by Gasteiger charge is 2.11. The third-order valence-electron chi connectivity index (χ3n) is 2.94. The molecule has 3 aromatic rings. The van der Waals surface area contributed by atoms with E-state index in [-0.39, 0.29) is 11.9 Å². The van der Waals surface area contributed by atoms with E-state index in [1.807, 2.05) is 29.0 Å². The van der Waals surface area contributed by atoms with Crippen molar-refractivity contribution < 1.29 is 9.52 Å². The van der Waals surface area contributed by atoms with Crippen molar-refractivity contribution in [1.82, 2.24) is 14.5 Å². The Balaban J connectivity index is 1.93. The van der Waals surface area contributed by atoms with E-state index in [9.17, 15) is 0 Å². The maximum Gasteiger partial charge on any atom is 0.226 e. The fourth-order valence-corrected chi connectivity index (χ4v) is 2.21. The molecule has 0 saturated heterocycles. The van der Waals surface area contributed by atoms with Crippen LogP contribution in [0.25, 0.3) is 11.0 Å². The summed E-state index contributed by atoms with van der Waals surface area (Å²) >= 11 is 5.95. The van der Waals surface area contributed by atoms with Gasteiger partial charge in [-0.15, -0.1) is 0 Å². The minimum absolute atomic E-state index is 0.0422. The van der Waals surface area contributed by atoms with E-state index in [0.717, 1.165) is 11.1 Å². The van der Waals surface area contributed by atoms with E-state index < -0.39 is 0 Å². The van der Waals surface area contributed by atoms with Crippen molar-refractivity contribution in [3.05, 3.63) is 41.7 Å². The van der Waals surface area contributed by atoms with Crippen LogP contribution < -0.4 is 5.32 Å². The molecule has 0 aliphatic carbocycles. The molecule has 0 unspecified atom stereocenters. The van der Waals surface area contributed by atoms with Crippen molar-refractivity contribution in [2.24, 2.45) is 0 Å². The molecule has 20 heavy (non-hydrogen) atoms. The Hall–Kier alpha value is -2.05. The Bertz CT molecular complexity index is 709. The summed E-state index contributed by atoms with van der Waals surface area (Å²) < 4.78 is 7.10. The fraction of sp³-hybridized carbons (Fsp3) is 0.231. The zero-order valence-electron chi connectivity index (χ0n) is 10.6. The van der Waals surface area contributed by atoms with Crippen LogP contribution in [0.15, 0.2) is 35.1 Å². The Morgan fingerprint density at radius 1 is 1.35 bits per heavy atom. The number of rotatable bonds is 5. The summed E-state index contributed by atoms with van der Waals surface area (Å²) in [7, 11) is 0. The number of hydrogen-bond acceptors (Lipinski definition) is 5. The predicted molar refractivity (Wildman–Crippen MR) is 75.7 cm³/mol. The average Bonchev–Trinajstić information content (AvgIpc) is 3.07. The lowest BCUT2D eigenvalue weighted by Crippen LogP contribution is -2.05. The van der Waals surface area contributed by atoms with E-state index in [0.29, 0.717) is 24.6 Å². The highest BCUT2D eigenvalue weighted by molar-refractivity contribution is 6.28. The highest BCUT2D eigenvalue weighted by atomic mass is 35.5. The lowest BCUT2D eigenvalue weighted by Gasteiger charge is -2.07. The van der Waals surface area contributed by atoms with E-state index in [1.54, 1.807) is 6.26 Å². The molecular weight excluding hydrogens is 280 g/mol. The van der Waals surface area contributed by atoms with Crippen molar-refractivity contribution in [2.45, 2.75) is 13.1 Å². The van der Waals surface area contributed by atoms with Crippen LogP contribution in [0, 0.1) is 0 Å². The maximum atomic E-state index is 9.04. The Morgan fingerprint density at radius 3 is 3.00 bits per heavy atom. The normalized spacial score (nSPS) is 11.1. The van der Waals surface area contributed by atoms with Crippen molar-refractivity contribution >= 4 is 28.5 Å². The second kappa shape index (κ2) is 5.52. The Labute approximate surface area is 120 Å². The largest absolute Gasteiger partial charge is 0.467 e. The summed E-state index contributed by atoms with van der Waals surface area (Å²) in [5.74, 6) is 1.45. The van der Waals surface area contributed by atoms with Crippen LogP contribution in [0.1, 0.15) is 5.76 Å². The molecule has 3 rings (SSSR count). The number of fused-ring (bicyclic) bond motifs is 1. The van der Waals surface area contributed by atoms with Gasteiger partial charge in [-0.2, -0.15) is 4.98 Å². The zero-order valence-corrected chi connectivity index (χ0v) is 11.3. The van der Waals surface area contributed by atoms with Gasteiger partial charge >= 0.3 is 0 Å². The van der Waals surface area contributed by atoms with Gasteiger partial charge in [0.2, 0.25) is 5.28 Å². The highest BCUT2D eigenvalue weighted by Crippen LogP contribution is 2.23. The fourth-order valence-electron chi connectivity index (χ4n) is 2.05. The van der Waals surface area contributed by atoms with Crippen molar-refractivity contribution in [2.75, 3.05) is 11.9 Å². The molecule has 0 atom stereocenters. The molecule has 3 aromatic heterocycles. The first-order chi connectivity index (χ1) is 9.78. The number of aromatic nitrogens is 3. The van der Waals surface area contributed by atoms with Crippen LogP contribution in [0.5, 0.6) is 0 Å². The number of anilines is 1. The second-order valence-corrected chi connectivity index (χ2v) is 4.58. The van der Waals surface area contributed by atoms with Gasteiger partial charge in [-0.3, -0.25) is 0 Å². The van der Waals surface area contributed by atoms with E-state index in [4.69, 9.17) is 21.1 Å². The first-order valence-electron chi connectivity index (χ1n) is 6.17. The van der Waals surface area contributed by atoms with Crippen LogP contribution in [0.2, 0.25) is 5.28 Å². The maximum absolute atomic E-state index is 9.04. The summed E-state index contributed by atoms with van der Waals surface area (Å²) in [5, 5.41) is 13.2. The predicted octanol–water partition coefficient (Wildman–Crippen LogP) is 2.28. The number of halogens is 1. The molecule has 0 radical (unpaired) electrons. The molecule has 0 aromatic carbocycles. The molecule has 104 valence electrons. The standard InChI is InChI=1S/C13H13ClN4O2/c14-13-16-11(15-8-9-2-1-7-20-9)10-3-4-18(5-6-19)12(10)17-13/h1-4,7,19H,5-6,8H2,(H,15,16,17). The number of nitrogens with zero attached hydrogens (tertiary/aromatic N) is 3. The van der Waals surface area contributed by atoms with Crippen LogP contribution >= 0.6 is 11.6 Å². The first kappa shape index (κ1) is 13.0. The van der Waals surface area contributed by atoms with Gasteiger partial charge < -0.3 is 19.4 Å². The Kier molecular flexibility index (Phi) is 3.58. The summed E-state index contributed by atoms with van der Waals surface area (Å²) in [6.07, 6.45) is 3.47. The van der Waals surface area contributed by atoms with Crippen molar-refractivity contribution in [3.8, 4) is 0 Å². The molecule has 0 aliphatic rings. The summed E-state index contributed by atoms with van der Waals surface area (Å²) in [6, 6.07) is 5.60. The molecule has 0 fully saturated rings. The van der Waals surface area contributed by atoms with Gasteiger partial charge in [0.25, 0.3) is 0 Å². The molecule has 2 N–H and O–H groups in total. The van der Waals surface area contributed by atoms with Gasteiger partial charge in [0.15, 0.2) is 0 Å². The number of aliphatic hydroxyl groups excluding tert-OH is 1. The summed E-state index contributed by atoms with van der Waals surface area (Å²) in [5.41, 5.74) is 0.695. The van der Waals surface area contributed by atoms with Crippen molar-refractivity contribution in [3.63, 3.8) is 0 Å². The quantitative estimate of drug-likeness (QED) is 0.706. The molecule has 6 nitrogen and oxygen atoms in total. The molecule has 0 spiro atoms. The summed E-state index contributed by atoms with van der Waals surface area (Å²) in [6.45, 7) is 1.02. The van der Waals surface area contributed by atoms with Gasteiger partial charge in [-0.1, -0.05) is 0 Å². The molecule has 0 saturated carbocycles. The number of aliphatic hydroxyl groups is 1. The molecule has 0 bridgehead atoms. The third-order valence-corrected chi connectivity index (χ3v) is 3.11. The molecule has 0 amide bonds. The number of hydrogen-bond donors (Lipinski definition) is 2. The van der Waals surface area contributed by atoms with Gasteiger partial charge in [-0.05, 0) is 29.8 Å². The van der Waals surface area contributed by atoms with E-state index in [2.05, 4.69) is 15.3 Å².